The summed E-state index contributed by atoms with van der Waals surface area (Å²) in [5.74, 6) is 0.561. The SMILES string of the molecule is CC[C@@H](C)n1c(C#N)cc(N)c1O[C@@H](C)COC. The fourth-order valence-electron chi connectivity index (χ4n) is 1.82. The second-order valence-corrected chi connectivity index (χ2v) is 4.41. The molecule has 0 radical (unpaired) electrons. The van der Waals surface area contributed by atoms with Gasteiger partial charge in [-0.2, -0.15) is 5.26 Å². The quantitative estimate of drug-likeness (QED) is 0.842. The summed E-state index contributed by atoms with van der Waals surface area (Å²) in [6.45, 7) is 6.48. The zero-order valence-electron chi connectivity index (χ0n) is 11.4. The van der Waals surface area contributed by atoms with Crippen LogP contribution < -0.4 is 10.5 Å². The zero-order chi connectivity index (χ0) is 13.7. The Bertz CT molecular complexity index is 434. The van der Waals surface area contributed by atoms with Crippen LogP contribution in [0.15, 0.2) is 6.07 Å². The van der Waals surface area contributed by atoms with E-state index >= 15 is 0 Å². The molecule has 2 N–H and O–H groups in total. The minimum Gasteiger partial charge on any atom is -0.472 e. The number of aromatic nitrogens is 1. The molecule has 0 aliphatic rings. The van der Waals surface area contributed by atoms with Gasteiger partial charge in [0.05, 0.1) is 12.3 Å². The van der Waals surface area contributed by atoms with Crippen molar-refractivity contribution in [3.05, 3.63) is 11.8 Å². The number of methoxy groups -OCH3 is 1. The van der Waals surface area contributed by atoms with Crippen molar-refractivity contribution in [2.75, 3.05) is 19.5 Å². The van der Waals surface area contributed by atoms with Gasteiger partial charge in [-0.05, 0) is 20.3 Å². The van der Waals surface area contributed by atoms with E-state index < -0.39 is 0 Å². The Morgan fingerprint density at radius 2 is 2.17 bits per heavy atom. The average Bonchev–Trinajstić information content (AvgIpc) is 2.65. The number of hydrogen-bond donors (Lipinski definition) is 1. The Morgan fingerprint density at radius 3 is 2.67 bits per heavy atom. The molecule has 1 aromatic heterocycles. The molecule has 0 bridgehead atoms. The molecule has 0 aromatic carbocycles. The van der Waals surface area contributed by atoms with Crippen LogP contribution in [-0.2, 0) is 4.74 Å². The van der Waals surface area contributed by atoms with E-state index in [1.54, 1.807) is 13.2 Å². The average molecular weight is 251 g/mol. The summed E-state index contributed by atoms with van der Waals surface area (Å²) < 4.78 is 12.7. The molecule has 5 nitrogen and oxygen atoms in total. The third-order valence-electron chi connectivity index (χ3n) is 2.88. The molecular weight excluding hydrogens is 230 g/mol. The highest BCUT2D eigenvalue weighted by Crippen LogP contribution is 2.32. The van der Waals surface area contributed by atoms with Crippen LogP contribution in [0.25, 0.3) is 0 Å². The first-order valence-electron chi connectivity index (χ1n) is 6.11. The van der Waals surface area contributed by atoms with Crippen molar-refractivity contribution in [2.45, 2.75) is 39.3 Å². The molecule has 0 fully saturated rings. The molecule has 0 amide bonds. The van der Waals surface area contributed by atoms with Crippen molar-refractivity contribution in [1.82, 2.24) is 4.57 Å². The van der Waals surface area contributed by atoms with Crippen LogP contribution in [0, 0.1) is 11.3 Å². The van der Waals surface area contributed by atoms with Gasteiger partial charge in [-0.1, -0.05) is 6.92 Å². The van der Waals surface area contributed by atoms with Crippen molar-refractivity contribution in [3.8, 4) is 11.9 Å². The van der Waals surface area contributed by atoms with E-state index in [-0.39, 0.29) is 12.1 Å². The van der Waals surface area contributed by atoms with Crippen molar-refractivity contribution in [2.24, 2.45) is 0 Å². The molecular formula is C13H21N3O2. The molecule has 2 atom stereocenters. The Hall–Kier alpha value is -1.67. The Kier molecular flexibility index (Phi) is 5.05. The number of hydrogen-bond acceptors (Lipinski definition) is 4. The smallest absolute Gasteiger partial charge is 0.219 e. The summed E-state index contributed by atoms with van der Waals surface area (Å²) in [6.07, 6.45) is 0.791. The van der Waals surface area contributed by atoms with Gasteiger partial charge in [-0.15, -0.1) is 0 Å². The monoisotopic (exact) mass is 251 g/mol. The number of nitriles is 1. The van der Waals surface area contributed by atoms with Crippen molar-refractivity contribution >= 4 is 5.69 Å². The van der Waals surface area contributed by atoms with Gasteiger partial charge in [-0.3, -0.25) is 4.57 Å². The highest BCUT2D eigenvalue weighted by molar-refractivity contribution is 5.55. The van der Waals surface area contributed by atoms with Crippen LogP contribution in [0.2, 0.25) is 0 Å². The van der Waals surface area contributed by atoms with E-state index in [0.717, 1.165) is 6.42 Å². The maximum absolute atomic E-state index is 9.13. The highest BCUT2D eigenvalue weighted by Gasteiger charge is 2.20. The van der Waals surface area contributed by atoms with Gasteiger partial charge in [0.15, 0.2) is 0 Å². The van der Waals surface area contributed by atoms with E-state index in [4.69, 9.17) is 20.5 Å². The number of rotatable bonds is 6. The number of anilines is 1. The first-order chi connectivity index (χ1) is 8.54. The van der Waals surface area contributed by atoms with E-state index in [1.165, 1.54) is 0 Å². The van der Waals surface area contributed by atoms with E-state index in [2.05, 4.69) is 13.0 Å². The van der Waals surface area contributed by atoms with Crippen LogP contribution in [0.5, 0.6) is 5.88 Å². The van der Waals surface area contributed by atoms with Gasteiger partial charge in [0, 0.05) is 19.2 Å². The Morgan fingerprint density at radius 1 is 1.50 bits per heavy atom. The molecule has 0 aliphatic heterocycles. The highest BCUT2D eigenvalue weighted by atomic mass is 16.5. The molecule has 100 valence electrons. The normalized spacial score (nSPS) is 13.9. The second-order valence-electron chi connectivity index (χ2n) is 4.41. The van der Waals surface area contributed by atoms with E-state index in [0.29, 0.717) is 23.9 Å². The first kappa shape index (κ1) is 14.4. The first-order valence-corrected chi connectivity index (χ1v) is 6.11. The number of nitrogens with two attached hydrogens (primary N) is 1. The molecule has 18 heavy (non-hydrogen) atoms. The molecule has 0 spiro atoms. The van der Waals surface area contributed by atoms with Gasteiger partial charge >= 0.3 is 0 Å². The fourth-order valence-corrected chi connectivity index (χ4v) is 1.82. The third kappa shape index (κ3) is 2.96. The van der Waals surface area contributed by atoms with E-state index in [1.807, 2.05) is 18.4 Å². The maximum Gasteiger partial charge on any atom is 0.219 e. The van der Waals surface area contributed by atoms with Gasteiger partial charge in [0.1, 0.15) is 17.9 Å². The molecule has 1 rings (SSSR count). The van der Waals surface area contributed by atoms with Gasteiger partial charge in [0.25, 0.3) is 0 Å². The van der Waals surface area contributed by atoms with Crippen molar-refractivity contribution < 1.29 is 9.47 Å². The summed E-state index contributed by atoms with van der Waals surface area (Å²) in [6, 6.07) is 3.97. The summed E-state index contributed by atoms with van der Waals surface area (Å²) in [4.78, 5) is 0. The topological polar surface area (TPSA) is 73.2 Å². The number of nitrogen functional groups attached to an aromatic ring is 1. The second kappa shape index (κ2) is 6.31. The summed E-state index contributed by atoms with van der Waals surface area (Å²) >= 11 is 0. The van der Waals surface area contributed by atoms with E-state index in [9.17, 15) is 0 Å². The predicted octanol–water partition coefficient (Wildman–Crippen LogP) is 2.33. The van der Waals surface area contributed by atoms with Crippen LogP contribution in [0.3, 0.4) is 0 Å². The lowest BCUT2D eigenvalue weighted by atomic mass is 10.2. The lowest BCUT2D eigenvalue weighted by Crippen LogP contribution is -2.21. The van der Waals surface area contributed by atoms with Gasteiger partial charge in [0.2, 0.25) is 5.88 Å². The molecule has 0 saturated carbocycles. The van der Waals surface area contributed by atoms with Crippen molar-refractivity contribution in [1.29, 1.82) is 5.26 Å². The van der Waals surface area contributed by atoms with Gasteiger partial charge < -0.3 is 15.2 Å². The standard InChI is InChI=1S/C13H21N3O2/c1-5-9(2)16-11(7-14)6-12(15)13(16)18-10(3)8-17-4/h6,9-10H,5,8,15H2,1-4H3/t9-,10+/m1/s1. The molecule has 0 aliphatic carbocycles. The van der Waals surface area contributed by atoms with Gasteiger partial charge in [-0.25, -0.2) is 0 Å². The lowest BCUT2D eigenvalue weighted by molar-refractivity contribution is 0.0855. The molecule has 1 aromatic rings. The molecule has 1 heterocycles. The fraction of sp³-hybridized carbons (Fsp3) is 0.615. The molecule has 5 heteroatoms. The largest absolute Gasteiger partial charge is 0.472 e. The number of nitrogens with zero attached hydrogens (tertiary/aromatic N) is 2. The summed E-state index contributed by atoms with van der Waals surface area (Å²) in [7, 11) is 1.62. The zero-order valence-corrected chi connectivity index (χ0v) is 11.4. The predicted molar refractivity (Wildman–Crippen MR) is 70.5 cm³/mol. The molecule has 0 saturated heterocycles. The van der Waals surface area contributed by atoms with Crippen LogP contribution in [0.4, 0.5) is 5.69 Å². The maximum atomic E-state index is 9.13. The van der Waals surface area contributed by atoms with Crippen molar-refractivity contribution in [3.63, 3.8) is 0 Å². The summed E-state index contributed by atoms with van der Waals surface area (Å²) in [5.41, 5.74) is 6.94. The Labute approximate surface area is 108 Å². The summed E-state index contributed by atoms with van der Waals surface area (Å²) in [5, 5.41) is 9.13. The number of ether oxygens (including phenoxy) is 2. The van der Waals surface area contributed by atoms with Crippen LogP contribution in [0.1, 0.15) is 38.9 Å². The van der Waals surface area contributed by atoms with Crippen LogP contribution >= 0.6 is 0 Å². The molecule has 0 unspecified atom stereocenters. The Balaban J connectivity index is 3.09. The van der Waals surface area contributed by atoms with Crippen LogP contribution in [-0.4, -0.2) is 24.4 Å². The lowest BCUT2D eigenvalue weighted by Gasteiger charge is -2.20. The third-order valence-corrected chi connectivity index (χ3v) is 2.88. The minimum atomic E-state index is -0.110. The minimum absolute atomic E-state index is 0.110.